The molecule has 1 saturated carbocycles. The van der Waals surface area contributed by atoms with Crippen LogP contribution in [-0.2, 0) is 4.74 Å². The van der Waals surface area contributed by atoms with Crippen LogP contribution in [0.15, 0.2) is 23.6 Å². The smallest absolute Gasteiger partial charge is 0.325 e. The van der Waals surface area contributed by atoms with Crippen molar-refractivity contribution in [2.24, 2.45) is 0 Å². The standard InChI is InChI=1S/C21H27N3O7S/c1-29-14-7-6-11(8-15(14)30-12-4-2-3-5-12)22-20(28)24-21-23-13(10-32-21)19-18(27)17(26)16(9-25)31-19/h6-8,10,12,16-19,25-27H,2-5,9H2,1H3,(H2,22,23,24,28)/t16-,17-,18-,19+/m1/s1. The van der Waals surface area contributed by atoms with Crippen molar-refractivity contribution < 1.29 is 34.3 Å². The van der Waals surface area contributed by atoms with Crippen LogP contribution in [-0.4, -0.2) is 64.5 Å². The van der Waals surface area contributed by atoms with Crippen molar-refractivity contribution in [3.8, 4) is 11.5 Å². The highest BCUT2D eigenvalue weighted by Crippen LogP contribution is 2.36. The molecule has 2 aromatic rings. The summed E-state index contributed by atoms with van der Waals surface area (Å²) in [6, 6.07) is 4.68. The Hall–Kier alpha value is -2.44. The van der Waals surface area contributed by atoms with E-state index in [-0.39, 0.29) is 6.10 Å². The number of nitrogens with zero attached hydrogens (tertiary/aromatic N) is 1. The molecule has 5 N–H and O–H groups in total. The van der Waals surface area contributed by atoms with Crippen molar-refractivity contribution in [3.05, 3.63) is 29.3 Å². The third-order valence-corrected chi connectivity index (χ3v) is 6.37. The number of hydrogen-bond donors (Lipinski definition) is 5. The van der Waals surface area contributed by atoms with Gasteiger partial charge in [-0.2, -0.15) is 0 Å². The molecule has 4 rings (SSSR count). The highest BCUT2D eigenvalue weighted by atomic mass is 32.1. The molecule has 10 nitrogen and oxygen atoms in total. The van der Waals surface area contributed by atoms with Crippen LogP contribution < -0.4 is 20.1 Å². The van der Waals surface area contributed by atoms with Gasteiger partial charge in [0.2, 0.25) is 0 Å². The maximum absolute atomic E-state index is 12.5. The Morgan fingerprint density at radius 1 is 1.22 bits per heavy atom. The summed E-state index contributed by atoms with van der Waals surface area (Å²) in [5, 5.41) is 36.5. The third kappa shape index (κ3) is 4.97. The second kappa shape index (κ2) is 10.0. The third-order valence-electron chi connectivity index (χ3n) is 5.59. The van der Waals surface area contributed by atoms with Crippen molar-refractivity contribution in [2.75, 3.05) is 24.4 Å². The minimum absolute atomic E-state index is 0.152. The lowest BCUT2D eigenvalue weighted by atomic mass is 10.1. The van der Waals surface area contributed by atoms with E-state index in [0.717, 1.165) is 37.0 Å². The summed E-state index contributed by atoms with van der Waals surface area (Å²) in [7, 11) is 1.57. The molecule has 2 heterocycles. The topological polar surface area (TPSA) is 142 Å². The highest BCUT2D eigenvalue weighted by Gasteiger charge is 2.44. The first-order valence-corrected chi connectivity index (χ1v) is 11.4. The van der Waals surface area contributed by atoms with Gasteiger partial charge in [-0.05, 0) is 37.8 Å². The Balaban J connectivity index is 1.38. The Kier molecular flexibility index (Phi) is 7.11. The molecule has 0 bridgehead atoms. The molecule has 32 heavy (non-hydrogen) atoms. The predicted octanol–water partition coefficient (Wildman–Crippen LogP) is 2.27. The second-order valence-corrected chi connectivity index (χ2v) is 8.66. The number of benzene rings is 1. The van der Waals surface area contributed by atoms with Gasteiger partial charge in [-0.1, -0.05) is 0 Å². The number of methoxy groups -OCH3 is 1. The molecule has 4 atom stereocenters. The van der Waals surface area contributed by atoms with Gasteiger partial charge >= 0.3 is 6.03 Å². The number of aliphatic hydroxyl groups is 3. The van der Waals surface area contributed by atoms with Gasteiger partial charge in [-0.3, -0.25) is 5.32 Å². The second-order valence-electron chi connectivity index (χ2n) is 7.81. The molecule has 2 amide bonds. The zero-order chi connectivity index (χ0) is 22.7. The quantitative estimate of drug-likeness (QED) is 0.419. The lowest BCUT2D eigenvalue weighted by Gasteiger charge is -2.17. The number of thiazole rings is 1. The molecular weight excluding hydrogens is 438 g/mol. The minimum Gasteiger partial charge on any atom is -0.493 e. The van der Waals surface area contributed by atoms with E-state index in [4.69, 9.17) is 14.2 Å². The molecule has 1 saturated heterocycles. The van der Waals surface area contributed by atoms with Crippen molar-refractivity contribution in [2.45, 2.75) is 56.2 Å². The Bertz CT molecular complexity index is 934. The average molecular weight is 466 g/mol. The number of ether oxygens (including phenoxy) is 3. The van der Waals surface area contributed by atoms with E-state index >= 15 is 0 Å². The molecule has 0 spiro atoms. The van der Waals surface area contributed by atoms with E-state index in [9.17, 15) is 20.1 Å². The number of anilines is 2. The largest absolute Gasteiger partial charge is 0.493 e. The Morgan fingerprint density at radius 3 is 2.69 bits per heavy atom. The molecule has 1 aromatic carbocycles. The van der Waals surface area contributed by atoms with Gasteiger partial charge in [0.25, 0.3) is 0 Å². The van der Waals surface area contributed by atoms with E-state index < -0.39 is 37.1 Å². The fraction of sp³-hybridized carbons (Fsp3) is 0.524. The van der Waals surface area contributed by atoms with E-state index in [1.54, 1.807) is 30.7 Å². The van der Waals surface area contributed by atoms with Gasteiger partial charge in [0, 0.05) is 17.1 Å². The normalized spacial score (nSPS) is 25.6. The first-order valence-electron chi connectivity index (χ1n) is 10.5. The molecule has 2 aliphatic rings. The number of aliphatic hydroxyl groups excluding tert-OH is 3. The molecule has 174 valence electrons. The van der Waals surface area contributed by atoms with Gasteiger partial charge in [-0.15, -0.1) is 11.3 Å². The zero-order valence-corrected chi connectivity index (χ0v) is 18.4. The minimum atomic E-state index is -1.21. The van der Waals surface area contributed by atoms with Crippen LogP contribution in [0.2, 0.25) is 0 Å². The number of hydrogen-bond acceptors (Lipinski definition) is 9. The SMILES string of the molecule is COc1ccc(NC(=O)Nc2nc([C@@H]3O[C@H](CO)[C@@H](O)[C@H]3O)cs2)cc1OC1CCCC1. The van der Waals surface area contributed by atoms with Crippen LogP contribution in [0.5, 0.6) is 11.5 Å². The van der Waals surface area contributed by atoms with Crippen molar-refractivity contribution in [3.63, 3.8) is 0 Å². The van der Waals surface area contributed by atoms with E-state index in [1.807, 2.05) is 0 Å². The van der Waals surface area contributed by atoms with Gasteiger partial charge < -0.3 is 34.8 Å². The fourth-order valence-corrected chi connectivity index (χ4v) is 4.64. The Labute approximate surface area is 189 Å². The summed E-state index contributed by atoms with van der Waals surface area (Å²) in [4.78, 5) is 16.7. The molecular formula is C21H27N3O7S. The van der Waals surface area contributed by atoms with Gasteiger partial charge in [0.1, 0.15) is 24.4 Å². The lowest BCUT2D eigenvalue weighted by molar-refractivity contribution is -0.0237. The summed E-state index contributed by atoms with van der Waals surface area (Å²) in [6.07, 6.45) is 0.263. The van der Waals surface area contributed by atoms with Crippen molar-refractivity contribution in [1.29, 1.82) is 0 Å². The first-order chi connectivity index (χ1) is 15.5. The zero-order valence-electron chi connectivity index (χ0n) is 17.6. The number of urea groups is 1. The molecule has 0 unspecified atom stereocenters. The summed E-state index contributed by atoms with van der Waals surface area (Å²) in [5.74, 6) is 1.18. The molecule has 1 aromatic heterocycles. The molecule has 2 fully saturated rings. The molecule has 1 aliphatic heterocycles. The molecule has 0 radical (unpaired) electrons. The number of amides is 2. The van der Waals surface area contributed by atoms with Crippen LogP contribution in [0.3, 0.4) is 0 Å². The van der Waals surface area contributed by atoms with Gasteiger partial charge in [-0.25, -0.2) is 9.78 Å². The summed E-state index contributed by atoms with van der Waals surface area (Å²) in [6.45, 7) is -0.416. The lowest BCUT2D eigenvalue weighted by Crippen LogP contribution is -2.32. The number of carbonyl (C=O) groups is 1. The number of carbonyl (C=O) groups excluding carboxylic acids is 1. The van der Waals surface area contributed by atoms with Crippen LogP contribution in [0.1, 0.15) is 37.5 Å². The van der Waals surface area contributed by atoms with Crippen molar-refractivity contribution in [1.82, 2.24) is 4.98 Å². The first kappa shape index (κ1) is 22.7. The van der Waals surface area contributed by atoms with Crippen LogP contribution in [0, 0.1) is 0 Å². The maximum atomic E-state index is 12.5. The van der Waals surface area contributed by atoms with E-state index in [0.29, 0.717) is 28.0 Å². The monoisotopic (exact) mass is 465 g/mol. The summed E-state index contributed by atoms with van der Waals surface area (Å²) < 4.78 is 16.9. The van der Waals surface area contributed by atoms with Gasteiger partial charge in [0.05, 0.1) is 25.5 Å². The molecule has 1 aliphatic carbocycles. The fourth-order valence-electron chi connectivity index (χ4n) is 3.91. The Morgan fingerprint density at radius 2 is 2.00 bits per heavy atom. The van der Waals surface area contributed by atoms with Crippen LogP contribution in [0.25, 0.3) is 0 Å². The number of rotatable bonds is 7. The van der Waals surface area contributed by atoms with E-state index in [2.05, 4.69) is 15.6 Å². The van der Waals surface area contributed by atoms with Gasteiger partial charge in [0.15, 0.2) is 16.6 Å². The summed E-state index contributed by atoms with van der Waals surface area (Å²) in [5.41, 5.74) is 0.904. The maximum Gasteiger partial charge on any atom is 0.325 e. The highest BCUT2D eigenvalue weighted by molar-refractivity contribution is 7.13. The van der Waals surface area contributed by atoms with E-state index in [1.165, 1.54) is 0 Å². The molecule has 11 heteroatoms. The average Bonchev–Trinajstić information content (AvgIpc) is 3.51. The van der Waals surface area contributed by atoms with Crippen LogP contribution >= 0.6 is 11.3 Å². The van der Waals surface area contributed by atoms with Crippen LogP contribution in [0.4, 0.5) is 15.6 Å². The predicted molar refractivity (Wildman–Crippen MR) is 117 cm³/mol. The summed E-state index contributed by atoms with van der Waals surface area (Å²) >= 11 is 1.15. The number of aromatic nitrogens is 1. The number of nitrogens with one attached hydrogen (secondary N) is 2. The van der Waals surface area contributed by atoms with Crippen molar-refractivity contribution >= 4 is 28.2 Å².